The number of hydrogen-bond acceptors (Lipinski definition) is 4. The second-order valence-corrected chi connectivity index (χ2v) is 10.7. The van der Waals surface area contributed by atoms with Gasteiger partial charge in [0.25, 0.3) is 0 Å². The first-order valence-corrected chi connectivity index (χ1v) is 11.8. The number of rotatable bonds is 5. The molecular weight excluding hydrogens is 409 g/mol. The zero-order valence-corrected chi connectivity index (χ0v) is 18.0. The molecule has 0 amide bonds. The van der Waals surface area contributed by atoms with Gasteiger partial charge >= 0.3 is 18.1 Å². The van der Waals surface area contributed by atoms with Crippen molar-refractivity contribution in [3.63, 3.8) is 0 Å². The summed E-state index contributed by atoms with van der Waals surface area (Å²) in [5, 5.41) is 0. The molecule has 4 atom stereocenters. The van der Waals surface area contributed by atoms with Crippen LogP contribution in [0.2, 0.25) is 0 Å². The molecule has 6 bridgehead atoms. The summed E-state index contributed by atoms with van der Waals surface area (Å²) in [4.78, 5) is 25.3. The predicted octanol–water partition coefficient (Wildman–Crippen LogP) is 5.21. The number of ether oxygens (including phenoxy) is 2. The standard InChI is InChI=1S/C24H31F3O4/c1-3-23(16-7-13-6-14(9-16)10-17(23)8-13)31-22(29)19-11-15-4-5-18(19)20(15)30-21(28)12(2)24(25,26)27/h13-20H,2-11H2,1H3. The molecule has 31 heavy (non-hydrogen) atoms. The predicted molar refractivity (Wildman–Crippen MR) is 106 cm³/mol. The molecule has 0 saturated heterocycles. The largest absolute Gasteiger partial charge is 0.458 e. The van der Waals surface area contributed by atoms with Crippen molar-refractivity contribution < 1.29 is 32.2 Å². The molecule has 6 fully saturated rings. The molecule has 0 N–H and O–H groups in total. The Morgan fingerprint density at radius 1 is 1.00 bits per heavy atom. The maximum absolute atomic E-state index is 13.4. The second-order valence-electron chi connectivity index (χ2n) is 10.7. The Labute approximate surface area is 180 Å². The van der Waals surface area contributed by atoms with Gasteiger partial charge in [-0.2, -0.15) is 13.2 Å². The molecule has 6 aliphatic rings. The Morgan fingerprint density at radius 3 is 2.16 bits per heavy atom. The number of carbonyl (C=O) groups is 2. The normalized spacial score (nSPS) is 45.0. The lowest BCUT2D eigenvalue weighted by Crippen LogP contribution is -2.59. The molecule has 6 rings (SSSR count). The molecule has 7 heteroatoms. The summed E-state index contributed by atoms with van der Waals surface area (Å²) in [6.07, 6.45) is 3.22. The fourth-order valence-corrected chi connectivity index (χ4v) is 8.09. The van der Waals surface area contributed by atoms with Crippen molar-refractivity contribution in [1.82, 2.24) is 0 Å². The average molecular weight is 441 g/mol. The van der Waals surface area contributed by atoms with E-state index in [2.05, 4.69) is 13.5 Å². The van der Waals surface area contributed by atoms with E-state index in [9.17, 15) is 22.8 Å². The molecule has 0 aromatic rings. The van der Waals surface area contributed by atoms with Gasteiger partial charge in [-0.15, -0.1) is 0 Å². The van der Waals surface area contributed by atoms with E-state index in [0.29, 0.717) is 24.7 Å². The first-order chi connectivity index (χ1) is 14.6. The molecule has 6 aliphatic carbocycles. The van der Waals surface area contributed by atoms with Crippen molar-refractivity contribution in [3.05, 3.63) is 12.2 Å². The van der Waals surface area contributed by atoms with E-state index in [1.807, 2.05) is 0 Å². The number of fused-ring (bicyclic) bond motifs is 2. The highest BCUT2D eigenvalue weighted by Crippen LogP contribution is 2.61. The van der Waals surface area contributed by atoms with Gasteiger partial charge in [-0.3, -0.25) is 4.79 Å². The quantitative estimate of drug-likeness (QED) is 0.435. The third-order valence-corrected chi connectivity index (χ3v) is 9.33. The number of halogens is 3. The van der Waals surface area contributed by atoms with E-state index in [-0.39, 0.29) is 23.4 Å². The van der Waals surface area contributed by atoms with Gasteiger partial charge in [-0.05, 0) is 87.4 Å². The summed E-state index contributed by atoms with van der Waals surface area (Å²) in [6, 6.07) is 0. The van der Waals surface area contributed by atoms with E-state index in [1.54, 1.807) is 0 Å². The second kappa shape index (κ2) is 7.24. The van der Waals surface area contributed by atoms with Gasteiger partial charge in [0.15, 0.2) is 0 Å². The van der Waals surface area contributed by atoms with Crippen LogP contribution in [0.1, 0.15) is 64.7 Å². The fourth-order valence-electron chi connectivity index (χ4n) is 8.09. The van der Waals surface area contributed by atoms with Crippen molar-refractivity contribution in [2.45, 2.75) is 82.6 Å². The van der Waals surface area contributed by atoms with Crippen molar-refractivity contribution in [2.24, 2.45) is 41.4 Å². The van der Waals surface area contributed by atoms with E-state index in [4.69, 9.17) is 9.47 Å². The third kappa shape index (κ3) is 3.32. The molecule has 0 radical (unpaired) electrons. The molecule has 0 aromatic heterocycles. The lowest BCUT2D eigenvalue weighted by Gasteiger charge is -2.60. The first-order valence-electron chi connectivity index (χ1n) is 11.8. The van der Waals surface area contributed by atoms with E-state index in [1.165, 1.54) is 6.42 Å². The summed E-state index contributed by atoms with van der Waals surface area (Å²) in [5.74, 6) is 0.0303. The van der Waals surface area contributed by atoms with Crippen LogP contribution in [-0.2, 0) is 19.1 Å². The zero-order chi connectivity index (χ0) is 22.1. The Hall–Kier alpha value is -1.53. The van der Waals surface area contributed by atoms with Crippen LogP contribution in [0.25, 0.3) is 0 Å². The maximum Gasteiger partial charge on any atom is 0.422 e. The van der Waals surface area contributed by atoms with Gasteiger partial charge in [0.05, 0.1) is 5.92 Å². The summed E-state index contributed by atoms with van der Waals surface area (Å²) in [7, 11) is 0. The smallest absolute Gasteiger partial charge is 0.422 e. The lowest BCUT2D eigenvalue weighted by atomic mass is 9.49. The first kappa shape index (κ1) is 21.3. The summed E-state index contributed by atoms with van der Waals surface area (Å²) in [5.41, 5.74) is -1.88. The molecule has 4 unspecified atom stereocenters. The minimum absolute atomic E-state index is 0.0800. The minimum Gasteiger partial charge on any atom is -0.458 e. The Kier molecular flexibility index (Phi) is 4.98. The monoisotopic (exact) mass is 440 g/mol. The molecule has 0 aliphatic heterocycles. The average Bonchev–Trinajstić information content (AvgIpc) is 3.25. The van der Waals surface area contributed by atoms with Gasteiger partial charge in [-0.1, -0.05) is 13.5 Å². The fraction of sp³-hybridized carbons (Fsp3) is 0.833. The number of esters is 2. The number of alkyl halides is 3. The number of carbonyl (C=O) groups excluding carboxylic acids is 2. The van der Waals surface area contributed by atoms with Crippen LogP contribution in [0.15, 0.2) is 12.2 Å². The van der Waals surface area contributed by atoms with Crippen molar-refractivity contribution in [3.8, 4) is 0 Å². The van der Waals surface area contributed by atoms with E-state index in [0.717, 1.165) is 50.4 Å². The van der Waals surface area contributed by atoms with Gasteiger partial charge in [0.2, 0.25) is 0 Å². The van der Waals surface area contributed by atoms with E-state index < -0.39 is 29.7 Å². The van der Waals surface area contributed by atoms with Crippen LogP contribution in [0, 0.1) is 41.4 Å². The highest BCUT2D eigenvalue weighted by atomic mass is 19.4. The molecule has 0 heterocycles. The lowest BCUT2D eigenvalue weighted by molar-refractivity contribution is -0.216. The van der Waals surface area contributed by atoms with Crippen molar-refractivity contribution >= 4 is 11.9 Å². The Bertz CT molecular complexity index is 760. The van der Waals surface area contributed by atoms with Crippen LogP contribution >= 0.6 is 0 Å². The highest BCUT2D eigenvalue weighted by Gasteiger charge is 2.60. The van der Waals surface area contributed by atoms with Crippen molar-refractivity contribution in [2.75, 3.05) is 0 Å². The van der Waals surface area contributed by atoms with Gasteiger partial charge < -0.3 is 9.47 Å². The van der Waals surface area contributed by atoms with Crippen molar-refractivity contribution in [1.29, 1.82) is 0 Å². The maximum atomic E-state index is 13.4. The summed E-state index contributed by atoms with van der Waals surface area (Å²) >= 11 is 0. The molecule has 0 aromatic carbocycles. The topological polar surface area (TPSA) is 52.6 Å². The van der Waals surface area contributed by atoms with Gasteiger partial charge in [-0.25, -0.2) is 4.79 Å². The van der Waals surface area contributed by atoms with Crippen LogP contribution in [-0.4, -0.2) is 29.8 Å². The molecule has 0 spiro atoms. The minimum atomic E-state index is -4.81. The van der Waals surface area contributed by atoms with Crippen LogP contribution in [0.4, 0.5) is 13.2 Å². The number of hydrogen-bond donors (Lipinski definition) is 0. The van der Waals surface area contributed by atoms with Gasteiger partial charge in [0, 0.05) is 5.92 Å². The van der Waals surface area contributed by atoms with Crippen LogP contribution in [0.5, 0.6) is 0 Å². The molecular formula is C24H31F3O4. The van der Waals surface area contributed by atoms with Gasteiger partial charge in [0.1, 0.15) is 17.3 Å². The Balaban J connectivity index is 1.28. The molecule has 6 saturated carbocycles. The zero-order valence-electron chi connectivity index (χ0n) is 18.0. The summed E-state index contributed by atoms with van der Waals surface area (Å²) in [6.45, 7) is 4.96. The van der Waals surface area contributed by atoms with Crippen LogP contribution in [0.3, 0.4) is 0 Å². The summed E-state index contributed by atoms with van der Waals surface area (Å²) < 4.78 is 50.0. The SMILES string of the molecule is C=C(C(=O)OC1C2CCC1C(C(=O)OC1(CC)C3CC4CC(C3)CC1C4)C2)C(F)(F)F. The Morgan fingerprint density at radius 2 is 1.61 bits per heavy atom. The third-order valence-electron chi connectivity index (χ3n) is 9.33. The highest BCUT2D eigenvalue weighted by molar-refractivity contribution is 5.89. The van der Waals surface area contributed by atoms with Crippen LogP contribution < -0.4 is 0 Å². The molecule has 172 valence electrons. The molecule has 4 nitrogen and oxygen atoms in total. The van der Waals surface area contributed by atoms with E-state index >= 15 is 0 Å².